The van der Waals surface area contributed by atoms with E-state index in [4.69, 9.17) is 4.74 Å². The van der Waals surface area contributed by atoms with E-state index in [-0.39, 0.29) is 0 Å². The predicted molar refractivity (Wildman–Crippen MR) is 109 cm³/mol. The zero-order valence-electron chi connectivity index (χ0n) is 14.3. The third-order valence-corrected chi connectivity index (χ3v) is 6.47. The number of aryl methyl sites for hydroxylation is 3. The molecule has 2 aromatic heterocycles. The standard InChI is InChI=1S/C21H17NOS2/c1-12-10-13(2)18(14(3)11-12)22-16-8-9-24-20(16)23-21-19(22)15-6-4-5-7-17(15)25-21/h4-11H,1-3H3. The first-order valence-electron chi connectivity index (χ1n) is 8.28. The molecule has 0 radical (unpaired) electrons. The van der Waals surface area contributed by atoms with Gasteiger partial charge in [-0.25, -0.2) is 0 Å². The maximum absolute atomic E-state index is 6.25. The average molecular weight is 364 g/mol. The number of rotatable bonds is 1. The lowest BCUT2D eigenvalue weighted by atomic mass is 10.0. The van der Waals surface area contributed by atoms with Crippen LogP contribution < -0.4 is 9.64 Å². The number of hydrogen-bond acceptors (Lipinski definition) is 4. The molecule has 1 aliphatic rings. The molecular formula is C21H17NOS2. The monoisotopic (exact) mass is 363 g/mol. The Morgan fingerprint density at radius 3 is 2.44 bits per heavy atom. The van der Waals surface area contributed by atoms with Gasteiger partial charge < -0.3 is 9.64 Å². The van der Waals surface area contributed by atoms with Gasteiger partial charge in [0.05, 0.1) is 5.69 Å². The first kappa shape index (κ1) is 15.0. The highest BCUT2D eigenvalue weighted by Gasteiger charge is 2.32. The van der Waals surface area contributed by atoms with E-state index in [0.717, 1.165) is 15.8 Å². The van der Waals surface area contributed by atoms with E-state index >= 15 is 0 Å². The summed E-state index contributed by atoms with van der Waals surface area (Å²) in [6.45, 7) is 6.56. The van der Waals surface area contributed by atoms with Crippen molar-refractivity contribution in [2.24, 2.45) is 0 Å². The van der Waals surface area contributed by atoms with Crippen LogP contribution in [0.1, 0.15) is 16.7 Å². The van der Waals surface area contributed by atoms with Crippen LogP contribution in [-0.4, -0.2) is 0 Å². The molecular weight excluding hydrogens is 346 g/mol. The lowest BCUT2D eigenvalue weighted by Crippen LogP contribution is -2.15. The highest BCUT2D eigenvalue weighted by atomic mass is 32.1. The van der Waals surface area contributed by atoms with Gasteiger partial charge in [-0.15, -0.1) is 11.3 Å². The largest absolute Gasteiger partial charge is 0.431 e. The summed E-state index contributed by atoms with van der Waals surface area (Å²) in [5.74, 6) is 0. The third kappa shape index (κ3) is 2.14. The summed E-state index contributed by atoms with van der Waals surface area (Å²) in [4.78, 5) is 2.40. The van der Waals surface area contributed by atoms with Gasteiger partial charge in [0.2, 0.25) is 10.1 Å². The number of ether oxygens (including phenoxy) is 1. The fraction of sp³-hybridized carbons (Fsp3) is 0.143. The van der Waals surface area contributed by atoms with E-state index in [9.17, 15) is 0 Å². The normalized spacial score (nSPS) is 12.8. The second-order valence-electron chi connectivity index (χ2n) is 6.51. The van der Waals surface area contributed by atoms with Crippen molar-refractivity contribution in [3.05, 3.63) is 64.5 Å². The molecule has 0 fully saturated rings. The van der Waals surface area contributed by atoms with Crippen molar-refractivity contribution in [3.63, 3.8) is 0 Å². The molecule has 124 valence electrons. The van der Waals surface area contributed by atoms with E-state index in [1.165, 1.54) is 38.2 Å². The van der Waals surface area contributed by atoms with Gasteiger partial charge in [0.15, 0.2) is 0 Å². The van der Waals surface area contributed by atoms with E-state index in [0.29, 0.717) is 0 Å². The summed E-state index contributed by atoms with van der Waals surface area (Å²) in [6.07, 6.45) is 0. The molecule has 0 atom stereocenters. The topological polar surface area (TPSA) is 12.5 Å². The first-order chi connectivity index (χ1) is 12.1. The van der Waals surface area contributed by atoms with Gasteiger partial charge in [0, 0.05) is 10.1 Å². The molecule has 0 saturated heterocycles. The van der Waals surface area contributed by atoms with Crippen LogP contribution in [-0.2, 0) is 0 Å². The van der Waals surface area contributed by atoms with Crippen LogP contribution in [0.4, 0.5) is 17.1 Å². The van der Waals surface area contributed by atoms with Gasteiger partial charge >= 0.3 is 0 Å². The molecule has 5 rings (SSSR count). The fourth-order valence-electron chi connectivity index (χ4n) is 3.78. The molecule has 0 saturated carbocycles. The summed E-state index contributed by atoms with van der Waals surface area (Å²) >= 11 is 3.38. The molecule has 0 unspecified atom stereocenters. The molecule has 0 spiro atoms. The predicted octanol–water partition coefficient (Wildman–Crippen LogP) is 7.46. The van der Waals surface area contributed by atoms with Crippen LogP contribution in [0.25, 0.3) is 10.1 Å². The van der Waals surface area contributed by atoms with Crippen molar-refractivity contribution in [1.82, 2.24) is 0 Å². The maximum Gasteiger partial charge on any atom is 0.207 e. The van der Waals surface area contributed by atoms with E-state index in [1.54, 1.807) is 22.7 Å². The number of anilines is 3. The van der Waals surface area contributed by atoms with Gasteiger partial charge in [-0.3, -0.25) is 0 Å². The van der Waals surface area contributed by atoms with E-state index in [2.05, 4.69) is 73.5 Å². The minimum atomic E-state index is 0.971. The average Bonchev–Trinajstić information content (AvgIpc) is 3.16. The summed E-state index contributed by atoms with van der Waals surface area (Å²) < 4.78 is 7.51. The maximum atomic E-state index is 6.25. The van der Waals surface area contributed by atoms with Crippen molar-refractivity contribution < 1.29 is 4.74 Å². The minimum absolute atomic E-state index is 0.971. The van der Waals surface area contributed by atoms with Gasteiger partial charge in [0.1, 0.15) is 11.4 Å². The summed E-state index contributed by atoms with van der Waals surface area (Å²) in [6, 6.07) is 15.2. The highest BCUT2D eigenvalue weighted by molar-refractivity contribution is 7.22. The minimum Gasteiger partial charge on any atom is -0.431 e. The zero-order chi connectivity index (χ0) is 17.1. The Bertz CT molecular complexity index is 1100. The van der Waals surface area contributed by atoms with Crippen LogP contribution in [0.3, 0.4) is 0 Å². The first-order valence-corrected chi connectivity index (χ1v) is 9.98. The van der Waals surface area contributed by atoms with Crippen molar-refractivity contribution in [3.8, 4) is 10.1 Å². The lowest BCUT2D eigenvalue weighted by molar-refractivity contribution is 0.506. The number of thiophene rings is 2. The molecule has 4 aromatic rings. The van der Waals surface area contributed by atoms with Crippen molar-refractivity contribution in [2.75, 3.05) is 4.90 Å². The molecule has 0 aliphatic carbocycles. The molecule has 1 aliphatic heterocycles. The lowest BCUT2D eigenvalue weighted by Gasteiger charge is -2.31. The van der Waals surface area contributed by atoms with Crippen LogP contribution in [0.15, 0.2) is 47.8 Å². The molecule has 0 amide bonds. The molecule has 0 N–H and O–H groups in total. The smallest absolute Gasteiger partial charge is 0.207 e. The molecule has 2 nitrogen and oxygen atoms in total. The second-order valence-corrected chi connectivity index (χ2v) is 8.41. The number of fused-ring (bicyclic) bond motifs is 4. The van der Waals surface area contributed by atoms with Gasteiger partial charge in [0.25, 0.3) is 0 Å². The number of nitrogens with zero attached hydrogens (tertiary/aromatic N) is 1. The third-order valence-electron chi connectivity index (χ3n) is 4.66. The number of hydrogen-bond donors (Lipinski definition) is 0. The Balaban J connectivity index is 1.87. The highest BCUT2D eigenvalue weighted by Crippen LogP contribution is 2.59. The van der Waals surface area contributed by atoms with Crippen LogP contribution in [0.2, 0.25) is 0 Å². The molecule has 0 bridgehead atoms. The zero-order valence-corrected chi connectivity index (χ0v) is 15.9. The summed E-state index contributed by atoms with van der Waals surface area (Å²) in [7, 11) is 0. The summed E-state index contributed by atoms with van der Waals surface area (Å²) in [5.41, 5.74) is 7.44. The summed E-state index contributed by atoms with van der Waals surface area (Å²) in [5, 5.41) is 5.31. The molecule has 3 heterocycles. The Morgan fingerprint density at radius 1 is 0.880 bits per heavy atom. The number of benzene rings is 2. The quantitative estimate of drug-likeness (QED) is 0.306. The van der Waals surface area contributed by atoms with E-state index in [1.807, 2.05) is 0 Å². The molecule has 4 heteroatoms. The van der Waals surface area contributed by atoms with Crippen molar-refractivity contribution >= 4 is 49.8 Å². The van der Waals surface area contributed by atoms with Gasteiger partial charge in [-0.2, -0.15) is 0 Å². The SMILES string of the molecule is Cc1cc(C)c(N2c3ccsc3Oc3sc4ccccc4c32)c(C)c1. The van der Waals surface area contributed by atoms with Gasteiger partial charge in [-0.1, -0.05) is 47.2 Å². The Morgan fingerprint density at radius 2 is 1.64 bits per heavy atom. The molecule has 2 aromatic carbocycles. The van der Waals surface area contributed by atoms with Crippen LogP contribution >= 0.6 is 22.7 Å². The second kappa shape index (κ2) is 5.35. The van der Waals surface area contributed by atoms with Gasteiger partial charge in [-0.05, 0) is 49.4 Å². The Labute approximate surface area is 154 Å². The Hall–Kier alpha value is -2.30. The molecule has 25 heavy (non-hydrogen) atoms. The van der Waals surface area contributed by atoms with Crippen LogP contribution in [0, 0.1) is 20.8 Å². The van der Waals surface area contributed by atoms with Crippen LogP contribution in [0.5, 0.6) is 10.1 Å². The fourth-order valence-corrected chi connectivity index (χ4v) is 5.61. The Kier molecular flexibility index (Phi) is 3.21. The van der Waals surface area contributed by atoms with E-state index < -0.39 is 0 Å². The van der Waals surface area contributed by atoms with Crippen molar-refractivity contribution in [1.29, 1.82) is 0 Å². The van der Waals surface area contributed by atoms with Crippen molar-refractivity contribution in [2.45, 2.75) is 20.8 Å².